The van der Waals surface area contributed by atoms with E-state index in [1.807, 2.05) is 31.6 Å². The Kier molecular flexibility index (Phi) is 14.4. The SMILES string of the molecule is COc1cc(N2CCC(N3CCN(CC4CCN(c5cc6c(cc5OC)C(=O)N(C5CCC(=O)NC5=O)C6=O)CC4)CC3)CC2)c(-c2cnn(C)c2)cc1Nc1ncc(Cl)c(Nc2ccc3nccnc3c2P(C)(C)=O)n1. The van der Waals surface area contributed by atoms with E-state index in [-0.39, 0.29) is 34.9 Å². The largest absolute Gasteiger partial charge is 0.495 e. The third-order valence-corrected chi connectivity index (χ3v) is 17.5. The number of hydrogen-bond acceptors (Lipinski definition) is 18. The minimum absolute atomic E-state index is 0.0669. The summed E-state index contributed by atoms with van der Waals surface area (Å²) in [6.07, 6.45) is 12.8. The first-order valence-electron chi connectivity index (χ1n) is 26.1. The van der Waals surface area contributed by atoms with E-state index in [2.05, 4.69) is 67.7 Å². The van der Waals surface area contributed by atoms with Gasteiger partial charge in [-0.15, -0.1) is 0 Å². The van der Waals surface area contributed by atoms with Crippen molar-refractivity contribution in [2.45, 2.75) is 50.6 Å². The van der Waals surface area contributed by atoms with Gasteiger partial charge in [-0.1, -0.05) is 11.6 Å². The fourth-order valence-electron chi connectivity index (χ4n) is 11.7. The Balaban J connectivity index is 0.707. The molecule has 4 saturated heterocycles. The number of methoxy groups -OCH3 is 2. The average Bonchev–Trinajstić information content (AvgIpc) is 4.03. The van der Waals surface area contributed by atoms with Crippen molar-refractivity contribution in [3.63, 3.8) is 0 Å². The molecule has 1 unspecified atom stereocenters. The van der Waals surface area contributed by atoms with Crippen molar-refractivity contribution in [1.82, 2.24) is 49.7 Å². The maximum Gasteiger partial charge on any atom is 0.262 e. The maximum atomic E-state index is 13.6. The predicted octanol–water partition coefficient (Wildman–Crippen LogP) is 6.13. The third-order valence-electron chi connectivity index (χ3n) is 15.7. The first-order chi connectivity index (χ1) is 37.1. The number of aromatic nitrogens is 6. The van der Waals surface area contributed by atoms with E-state index in [0.717, 1.165) is 112 Å². The first kappa shape index (κ1) is 51.9. The molecule has 0 aliphatic carbocycles. The van der Waals surface area contributed by atoms with Gasteiger partial charge in [0.25, 0.3) is 11.8 Å². The van der Waals surface area contributed by atoms with Crippen LogP contribution >= 0.6 is 18.7 Å². The van der Waals surface area contributed by atoms with Gasteiger partial charge in [0, 0.05) is 120 Å². The Morgan fingerprint density at radius 2 is 1.45 bits per heavy atom. The second-order valence-electron chi connectivity index (χ2n) is 20.9. The topological polar surface area (TPSA) is 225 Å². The van der Waals surface area contributed by atoms with E-state index in [1.54, 1.807) is 56.8 Å². The van der Waals surface area contributed by atoms with Crippen LogP contribution in [-0.4, -0.2) is 167 Å². The highest BCUT2D eigenvalue weighted by atomic mass is 35.5. The molecule has 77 heavy (non-hydrogen) atoms. The number of ether oxygens (including phenoxy) is 2. The molecule has 5 aliphatic rings. The van der Waals surface area contributed by atoms with Crippen LogP contribution in [0.4, 0.5) is 34.5 Å². The van der Waals surface area contributed by atoms with Crippen LogP contribution in [0.2, 0.25) is 5.02 Å². The maximum absolute atomic E-state index is 13.6. The molecule has 402 valence electrons. The Morgan fingerprint density at radius 3 is 2.14 bits per heavy atom. The van der Waals surface area contributed by atoms with Crippen molar-refractivity contribution in [2.24, 2.45) is 13.0 Å². The van der Waals surface area contributed by atoms with Crippen molar-refractivity contribution >= 4 is 93.2 Å². The number of hydrogen-bond donors (Lipinski definition) is 3. The molecule has 1 atom stereocenters. The molecule has 11 rings (SSSR count). The number of imide groups is 2. The Labute approximate surface area is 451 Å². The van der Waals surface area contributed by atoms with E-state index in [1.165, 1.54) is 6.20 Å². The highest BCUT2D eigenvalue weighted by molar-refractivity contribution is 7.71. The molecule has 0 saturated carbocycles. The lowest BCUT2D eigenvalue weighted by Gasteiger charge is -2.44. The smallest absolute Gasteiger partial charge is 0.262 e. The third kappa shape index (κ3) is 10.4. The van der Waals surface area contributed by atoms with Crippen LogP contribution in [0.3, 0.4) is 0 Å². The summed E-state index contributed by atoms with van der Waals surface area (Å²) in [5.74, 6) is 0.164. The number of nitrogens with one attached hydrogen (secondary N) is 3. The van der Waals surface area contributed by atoms with Gasteiger partial charge in [-0.2, -0.15) is 10.1 Å². The Bertz CT molecular complexity index is 3350. The second-order valence-corrected chi connectivity index (χ2v) is 24.4. The van der Waals surface area contributed by atoms with E-state index < -0.39 is 36.8 Å². The van der Waals surface area contributed by atoms with E-state index in [4.69, 9.17) is 26.1 Å². The molecular weight excluding hydrogens is 1020 g/mol. The number of piperazine rings is 1. The Hall–Kier alpha value is -7.19. The number of carbonyl (C=O) groups is 4. The zero-order valence-electron chi connectivity index (χ0n) is 43.8. The highest BCUT2D eigenvalue weighted by Gasteiger charge is 2.45. The van der Waals surface area contributed by atoms with Gasteiger partial charge in [0.2, 0.25) is 17.8 Å². The number of carbonyl (C=O) groups excluding carboxylic acids is 4. The number of anilines is 6. The van der Waals surface area contributed by atoms with Crippen molar-refractivity contribution in [1.29, 1.82) is 0 Å². The number of piperidine rings is 3. The predicted molar refractivity (Wildman–Crippen MR) is 295 cm³/mol. The summed E-state index contributed by atoms with van der Waals surface area (Å²) in [6, 6.07) is 10.6. The number of amides is 4. The van der Waals surface area contributed by atoms with E-state index in [9.17, 15) is 23.7 Å². The second kappa shape index (κ2) is 21.3. The number of fused-ring (bicyclic) bond motifs is 2. The first-order valence-corrected chi connectivity index (χ1v) is 29.1. The van der Waals surface area contributed by atoms with Gasteiger partial charge in [0.1, 0.15) is 35.2 Å². The van der Waals surface area contributed by atoms with E-state index in [0.29, 0.717) is 57.0 Å². The highest BCUT2D eigenvalue weighted by Crippen LogP contribution is 2.44. The fourth-order valence-corrected chi connectivity index (χ4v) is 13.3. The summed E-state index contributed by atoms with van der Waals surface area (Å²) in [5, 5.41) is 14.3. The van der Waals surface area contributed by atoms with Crippen molar-refractivity contribution in [2.75, 3.05) is 107 Å². The number of benzene rings is 3. The van der Waals surface area contributed by atoms with Gasteiger partial charge in [-0.3, -0.25) is 48.9 Å². The van der Waals surface area contributed by atoms with Gasteiger partial charge >= 0.3 is 0 Å². The zero-order chi connectivity index (χ0) is 53.7. The molecule has 4 fully saturated rings. The normalized spacial score (nSPS) is 19.2. The lowest BCUT2D eigenvalue weighted by atomic mass is 9.94. The quantitative estimate of drug-likeness (QED) is 0.0824. The summed E-state index contributed by atoms with van der Waals surface area (Å²) in [7, 11) is 2.28. The molecule has 6 aromatic rings. The van der Waals surface area contributed by atoms with Crippen LogP contribution in [0.15, 0.2) is 67.4 Å². The number of nitrogens with zero attached hydrogens (tertiary/aromatic N) is 11. The summed E-state index contributed by atoms with van der Waals surface area (Å²) in [5.41, 5.74) is 6.66. The van der Waals surface area contributed by atoms with Crippen LogP contribution < -0.4 is 40.5 Å². The molecule has 0 radical (unpaired) electrons. The van der Waals surface area contributed by atoms with Crippen LogP contribution in [0.5, 0.6) is 11.5 Å². The monoisotopic (exact) mass is 1080 g/mol. The van der Waals surface area contributed by atoms with Gasteiger partial charge < -0.3 is 39.4 Å². The molecule has 3 aromatic carbocycles. The zero-order valence-corrected chi connectivity index (χ0v) is 45.4. The summed E-state index contributed by atoms with van der Waals surface area (Å²) < 4.78 is 27.2. The number of aryl methyl sites for hydroxylation is 1. The molecule has 8 heterocycles. The van der Waals surface area contributed by atoms with Gasteiger partial charge in [0.15, 0.2) is 5.82 Å². The molecule has 23 heteroatoms. The molecule has 3 N–H and O–H groups in total. The minimum Gasteiger partial charge on any atom is -0.495 e. The van der Waals surface area contributed by atoms with Crippen molar-refractivity contribution < 1.29 is 33.2 Å². The van der Waals surface area contributed by atoms with Crippen molar-refractivity contribution in [3.8, 4) is 22.6 Å². The van der Waals surface area contributed by atoms with Gasteiger partial charge in [0.05, 0.1) is 65.6 Å². The number of halogens is 1. The Morgan fingerprint density at radius 1 is 0.753 bits per heavy atom. The van der Waals surface area contributed by atoms with Crippen LogP contribution in [0.25, 0.3) is 22.2 Å². The standard InChI is InChI=1S/C54H62ClN14O7P/c1-64-31-33(28-59-64)35-24-41(61-54-58-29-38(55)50(63-54)60-40-7-6-39-48(57-15-14-56-39)49(40)77(4,5)74)45(75-2)27-43(35)67-18-12-34(13-19-67)66-22-20-65(21-23-66)30-32-10-16-68(17-11-32)44-25-36-37(26-46(44)76-3)53(73)69(52(36)72)42-8-9-47(70)62-51(42)71/h6-7,14-15,24-29,31-32,34,42H,8-13,16-23,30H2,1-5H3,(H,62,70,71)(H2,58,60,61,63). The van der Waals surface area contributed by atoms with Gasteiger partial charge in [-0.05, 0) is 81.7 Å². The molecule has 3 aromatic heterocycles. The number of rotatable bonds is 14. The van der Waals surface area contributed by atoms with E-state index >= 15 is 0 Å². The molecular formula is C54H62ClN14O7P. The van der Waals surface area contributed by atoms with Crippen LogP contribution in [-0.2, 0) is 21.2 Å². The van der Waals surface area contributed by atoms with Crippen LogP contribution in [0.1, 0.15) is 59.2 Å². The summed E-state index contributed by atoms with van der Waals surface area (Å²) in [4.78, 5) is 80.7. The van der Waals surface area contributed by atoms with Gasteiger partial charge in [-0.25, -0.2) is 4.98 Å². The summed E-state index contributed by atoms with van der Waals surface area (Å²) in [6.45, 7) is 11.8. The molecule has 0 spiro atoms. The summed E-state index contributed by atoms with van der Waals surface area (Å²) >= 11 is 6.69. The lowest BCUT2D eigenvalue weighted by molar-refractivity contribution is -0.136. The molecule has 0 bridgehead atoms. The average molecular weight is 1090 g/mol. The fraction of sp³-hybridized carbons (Fsp3) is 0.426. The minimum atomic E-state index is -2.84. The molecule has 5 aliphatic heterocycles. The van der Waals surface area contributed by atoms with Crippen molar-refractivity contribution in [3.05, 3.63) is 83.5 Å². The van der Waals surface area contributed by atoms with Crippen LogP contribution in [0, 0.1) is 5.92 Å². The molecule has 21 nitrogen and oxygen atoms in total. The molecule has 4 amide bonds. The lowest BCUT2D eigenvalue weighted by Crippen LogP contribution is -2.54.